The molecule has 96 valence electrons. The van der Waals surface area contributed by atoms with Gasteiger partial charge in [0.25, 0.3) is 0 Å². The number of anilines is 1. The summed E-state index contributed by atoms with van der Waals surface area (Å²) in [4.78, 5) is 0. The number of aromatic nitrogens is 1. The van der Waals surface area contributed by atoms with Gasteiger partial charge >= 0.3 is 0 Å². The van der Waals surface area contributed by atoms with Gasteiger partial charge in [0.05, 0.1) is 0 Å². The molecule has 0 saturated heterocycles. The van der Waals surface area contributed by atoms with E-state index in [4.69, 9.17) is 5.73 Å². The fourth-order valence-corrected chi connectivity index (χ4v) is 2.96. The van der Waals surface area contributed by atoms with Crippen LogP contribution in [0.3, 0.4) is 0 Å². The summed E-state index contributed by atoms with van der Waals surface area (Å²) in [6, 6.07) is 14.5. The molecule has 0 bridgehead atoms. The number of para-hydroxylation sites is 1. The van der Waals surface area contributed by atoms with Gasteiger partial charge in [-0.15, -0.1) is 0 Å². The summed E-state index contributed by atoms with van der Waals surface area (Å²) < 4.78 is 3.34. The smallest absolute Gasteiger partial charge is 0.0487 e. The number of halogens is 1. The summed E-state index contributed by atoms with van der Waals surface area (Å²) >= 11 is 3.58. The van der Waals surface area contributed by atoms with Crippen LogP contribution in [0.25, 0.3) is 10.9 Å². The lowest BCUT2D eigenvalue weighted by atomic mass is 10.2. The molecule has 3 heteroatoms. The van der Waals surface area contributed by atoms with Crippen LogP contribution in [0, 0.1) is 6.92 Å². The zero-order valence-corrected chi connectivity index (χ0v) is 12.3. The van der Waals surface area contributed by atoms with E-state index in [1.807, 2.05) is 12.1 Å². The second kappa shape index (κ2) is 4.74. The van der Waals surface area contributed by atoms with Crippen LogP contribution in [0.4, 0.5) is 5.69 Å². The molecule has 0 aliphatic carbocycles. The Kier molecular flexibility index (Phi) is 3.07. The third-order valence-corrected chi connectivity index (χ3v) is 4.14. The lowest BCUT2D eigenvalue weighted by molar-refractivity contribution is 0.830. The van der Waals surface area contributed by atoms with E-state index in [0.717, 1.165) is 16.7 Å². The first-order chi connectivity index (χ1) is 9.15. The normalized spacial score (nSPS) is 11.1. The van der Waals surface area contributed by atoms with Crippen LogP contribution in [-0.2, 0) is 6.54 Å². The SMILES string of the molecule is Cc1cn(Cc2ccc(N)cc2Br)c2ccccc12. The molecular formula is C16H15BrN2. The third-order valence-electron chi connectivity index (χ3n) is 3.41. The summed E-state index contributed by atoms with van der Waals surface area (Å²) in [5, 5.41) is 1.31. The van der Waals surface area contributed by atoms with Gasteiger partial charge in [-0.2, -0.15) is 0 Å². The molecule has 19 heavy (non-hydrogen) atoms. The lowest BCUT2D eigenvalue weighted by Gasteiger charge is -2.08. The molecule has 0 amide bonds. The Bertz CT molecular complexity index is 744. The Morgan fingerprint density at radius 1 is 1.16 bits per heavy atom. The Hall–Kier alpha value is -1.74. The van der Waals surface area contributed by atoms with Crippen molar-refractivity contribution >= 4 is 32.5 Å². The van der Waals surface area contributed by atoms with Crippen LogP contribution >= 0.6 is 15.9 Å². The number of nitrogens with two attached hydrogens (primary N) is 1. The Morgan fingerprint density at radius 3 is 2.74 bits per heavy atom. The van der Waals surface area contributed by atoms with Crippen molar-refractivity contribution in [1.82, 2.24) is 4.57 Å². The second-order valence-corrected chi connectivity index (χ2v) is 5.66. The number of hydrogen-bond acceptors (Lipinski definition) is 1. The predicted octanol–water partition coefficient (Wildman–Crippen LogP) is 4.34. The van der Waals surface area contributed by atoms with Crippen molar-refractivity contribution in [1.29, 1.82) is 0 Å². The van der Waals surface area contributed by atoms with Crippen molar-refractivity contribution in [3.05, 3.63) is 64.3 Å². The zero-order chi connectivity index (χ0) is 13.4. The maximum atomic E-state index is 5.78. The van der Waals surface area contributed by atoms with Gasteiger partial charge in [0.15, 0.2) is 0 Å². The fraction of sp³-hybridized carbons (Fsp3) is 0.125. The van der Waals surface area contributed by atoms with Crippen LogP contribution in [0.5, 0.6) is 0 Å². The number of fused-ring (bicyclic) bond motifs is 1. The Morgan fingerprint density at radius 2 is 1.95 bits per heavy atom. The molecule has 0 aliphatic heterocycles. The first kappa shape index (κ1) is 12.3. The van der Waals surface area contributed by atoms with Gasteiger partial charge in [-0.25, -0.2) is 0 Å². The van der Waals surface area contributed by atoms with Crippen LogP contribution < -0.4 is 5.73 Å². The van der Waals surface area contributed by atoms with Crippen LogP contribution in [0.2, 0.25) is 0 Å². The first-order valence-corrected chi connectivity index (χ1v) is 7.03. The summed E-state index contributed by atoms with van der Waals surface area (Å²) in [5.41, 5.74) is 10.4. The maximum Gasteiger partial charge on any atom is 0.0487 e. The summed E-state index contributed by atoms with van der Waals surface area (Å²) in [6.07, 6.45) is 2.20. The standard InChI is InChI=1S/C16H15BrN2/c1-11-9-19(16-5-3-2-4-14(11)16)10-12-6-7-13(18)8-15(12)17/h2-9H,10,18H2,1H3. The Labute approximate surface area is 121 Å². The molecule has 1 heterocycles. The number of nitrogen functional groups attached to an aromatic ring is 1. The molecular weight excluding hydrogens is 300 g/mol. The summed E-state index contributed by atoms with van der Waals surface area (Å²) in [7, 11) is 0. The van der Waals surface area contributed by atoms with E-state index in [0.29, 0.717) is 0 Å². The molecule has 2 aromatic carbocycles. The first-order valence-electron chi connectivity index (χ1n) is 6.23. The number of rotatable bonds is 2. The molecule has 3 aromatic rings. The van der Waals surface area contributed by atoms with Crippen LogP contribution in [-0.4, -0.2) is 4.57 Å². The van der Waals surface area contributed by atoms with Crippen LogP contribution in [0.1, 0.15) is 11.1 Å². The highest BCUT2D eigenvalue weighted by molar-refractivity contribution is 9.10. The molecule has 0 aliphatic rings. The summed E-state index contributed by atoms with van der Waals surface area (Å²) in [5.74, 6) is 0. The molecule has 0 saturated carbocycles. The molecule has 0 fully saturated rings. The van der Waals surface area contributed by atoms with E-state index in [1.165, 1.54) is 22.0 Å². The Balaban J connectivity index is 2.06. The van der Waals surface area contributed by atoms with Crippen molar-refractivity contribution in [2.45, 2.75) is 13.5 Å². The van der Waals surface area contributed by atoms with E-state index in [2.05, 4.69) is 63.9 Å². The van der Waals surface area contributed by atoms with Crippen molar-refractivity contribution in [2.24, 2.45) is 0 Å². The molecule has 0 atom stereocenters. The van der Waals surface area contributed by atoms with Crippen molar-refractivity contribution < 1.29 is 0 Å². The lowest BCUT2D eigenvalue weighted by Crippen LogP contribution is -1.99. The van der Waals surface area contributed by atoms with Crippen LogP contribution in [0.15, 0.2) is 53.1 Å². The fourth-order valence-electron chi connectivity index (χ4n) is 2.44. The van der Waals surface area contributed by atoms with E-state index >= 15 is 0 Å². The average molecular weight is 315 g/mol. The van der Waals surface area contributed by atoms with Gasteiger partial charge in [0, 0.05) is 33.8 Å². The summed E-state index contributed by atoms with van der Waals surface area (Å²) in [6.45, 7) is 2.99. The number of aryl methyl sites for hydroxylation is 1. The topological polar surface area (TPSA) is 30.9 Å². The van der Waals surface area contributed by atoms with Crippen molar-refractivity contribution in [3.63, 3.8) is 0 Å². The minimum absolute atomic E-state index is 0.782. The third kappa shape index (κ3) is 2.26. The zero-order valence-electron chi connectivity index (χ0n) is 10.7. The highest BCUT2D eigenvalue weighted by Crippen LogP contribution is 2.25. The van der Waals surface area contributed by atoms with Crippen molar-refractivity contribution in [3.8, 4) is 0 Å². The quantitative estimate of drug-likeness (QED) is 0.701. The highest BCUT2D eigenvalue weighted by atomic mass is 79.9. The van der Waals surface area contributed by atoms with Gasteiger partial charge in [-0.3, -0.25) is 0 Å². The van der Waals surface area contributed by atoms with Crippen molar-refractivity contribution in [2.75, 3.05) is 5.73 Å². The van der Waals surface area contributed by atoms with E-state index in [1.54, 1.807) is 0 Å². The molecule has 0 radical (unpaired) electrons. The van der Waals surface area contributed by atoms with Gasteiger partial charge in [-0.05, 0) is 36.2 Å². The number of nitrogens with zero attached hydrogens (tertiary/aromatic N) is 1. The maximum absolute atomic E-state index is 5.78. The van der Waals surface area contributed by atoms with E-state index < -0.39 is 0 Å². The number of benzene rings is 2. The minimum atomic E-state index is 0.782. The molecule has 2 nitrogen and oxygen atoms in total. The van der Waals surface area contributed by atoms with E-state index in [-0.39, 0.29) is 0 Å². The molecule has 1 aromatic heterocycles. The molecule has 2 N–H and O–H groups in total. The van der Waals surface area contributed by atoms with E-state index in [9.17, 15) is 0 Å². The van der Waals surface area contributed by atoms with Gasteiger partial charge in [0.2, 0.25) is 0 Å². The molecule has 0 unspecified atom stereocenters. The monoisotopic (exact) mass is 314 g/mol. The van der Waals surface area contributed by atoms with Gasteiger partial charge in [-0.1, -0.05) is 40.2 Å². The molecule has 3 rings (SSSR count). The van der Waals surface area contributed by atoms with Gasteiger partial charge < -0.3 is 10.3 Å². The minimum Gasteiger partial charge on any atom is -0.399 e. The highest BCUT2D eigenvalue weighted by Gasteiger charge is 2.07. The second-order valence-electron chi connectivity index (χ2n) is 4.81. The predicted molar refractivity (Wildman–Crippen MR) is 84.3 cm³/mol. The average Bonchev–Trinajstić information content (AvgIpc) is 2.71. The number of hydrogen-bond donors (Lipinski definition) is 1. The largest absolute Gasteiger partial charge is 0.399 e. The van der Waals surface area contributed by atoms with Gasteiger partial charge in [0.1, 0.15) is 0 Å². The molecule has 0 spiro atoms.